The molecule has 0 saturated heterocycles. The van der Waals surface area contributed by atoms with Crippen LogP contribution >= 0.6 is 11.3 Å². The van der Waals surface area contributed by atoms with E-state index in [0.29, 0.717) is 5.13 Å². The van der Waals surface area contributed by atoms with E-state index >= 15 is 0 Å². The van der Waals surface area contributed by atoms with Gasteiger partial charge in [-0.2, -0.15) is 0 Å². The number of rotatable bonds is 3. The van der Waals surface area contributed by atoms with Crippen molar-refractivity contribution in [3.05, 3.63) is 11.6 Å². The van der Waals surface area contributed by atoms with Gasteiger partial charge in [0.15, 0.2) is 5.13 Å². The maximum absolute atomic E-state index is 11.2. The molecule has 1 heterocycles. The molecule has 1 aromatic heterocycles. The SMILES string of the molecule is C#CCC(N)C(=O)Nc1nccs1. The largest absolute Gasteiger partial charge is 0.319 e. The minimum atomic E-state index is -0.658. The number of hydrogen-bond donors (Lipinski definition) is 2. The van der Waals surface area contributed by atoms with Gasteiger partial charge in [-0.15, -0.1) is 23.7 Å². The lowest BCUT2D eigenvalue weighted by atomic mass is 10.2. The van der Waals surface area contributed by atoms with Gasteiger partial charge in [-0.25, -0.2) is 4.98 Å². The lowest BCUT2D eigenvalue weighted by molar-refractivity contribution is -0.117. The Morgan fingerprint density at radius 3 is 3.23 bits per heavy atom. The molecule has 0 aliphatic carbocycles. The van der Waals surface area contributed by atoms with Crippen LogP contribution in [0.4, 0.5) is 5.13 Å². The quantitative estimate of drug-likeness (QED) is 0.687. The molecule has 1 atom stereocenters. The number of hydrogen-bond acceptors (Lipinski definition) is 4. The lowest BCUT2D eigenvalue weighted by Gasteiger charge is -2.06. The summed E-state index contributed by atoms with van der Waals surface area (Å²) in [5, 5.41) is 4.86. The maximum atomic E-state index is 11.2. The van der Waals surface area contributed by atoms with E-state index in [9.17, 15) is 4.79 Å². The van der Waals surface area contributed by atoms with E-state index in [0.717, 1.165) is 0 Å². The van der Waals surface area contributed by atoms with Gasteiger partial charge in [0.2, 0.25) is 5.91 Å². The van der Waals surface area contributed by atoms with Crippen molar-refractivity contribution in [3.8, 4) is 12.3 Å². The highest BCUT2D eigenvalue weighted by atomic mass is 32.1. The van der Waals surface area contributed by atoms with Gasteiger partial charge in [-0.3, -0.25) is 4.79 Å². The summed E-state index contributed by atoms with van der Waals surface area (Å²) >= 11 is 1.34. The second-order valence-corrected chi connectivity index (χ2v) is 3.24. The fourth-order valence-electron chi connectivity index (χ4n) is 0.703. The summed E-state index contributed by atoms with van der Waals surface area (Å²) in [6.45, 7) is 0. The summed E-state index contributed by atoms with van der Waals surface area (Å²) in [5.41, 5.74) is 5.47. The van der Waals surface area contributed by atoms with E-state index in [2.05, 4.69) is 16.2 Å². The number of carbonyl (C=O) groups is 1. The smallest absolute Gasteiger partial charge is 0.244 e. The predicted molar refractivity (Wildman–Crippen MR) is 52.2 cm³/mol. The van der Waals surface area contributed by atoms with Crippen molar-refractivity contribution in [3.63, 3.8) is 0 Å². The second-order valence-electron chi connectivity index (χ2n) is 2.34. The van der Waals surface area contributed by atoms with Crippen LogP contribution in [0, 0.1) is 12.3 Å². The Hall–Kier alpha value is -1.38. The molecule has 0 radical (unpaired) electrons. The number of carbonyl (C=O) groups excluding carboxylic acids is 1. The number of anilines is 1. The topological polar surface area (TPSA) is 68.0 Å². The molecule has 0 spiro atoms. The number of nitrogens with one attached hydrogen (secondary N) is 1. The standard InChI is InChI=1S/C8H9N3OS/c1-2-3-6(9)7(12)11-8-10-4-5-13-8/h1,4-6H,3,9H2,(H,10,11,12). The number of terminal acetylenes is 1. The van der Waals surface area contributed by atoms with E-state index < -0.39 is 6.04 Å². The summed E-state index contributed by atoms with van der Waals surface area (Å²) in [7, 11) is 0. The van der Waals surface area contributed by atoms with Crippen LogP contribution in [0.2, 0.25) is 0 Å². The average Bonchev–Trinajstić information content (AvgIpc) is 2.57. The minimum Gasteiger partial charge on any atom is -0.319 e. The average molecular weight is 195 g/mol. The summed E-state index contributed by atoms with van der Waals surface area (Å²) in [4.78, 5) is 15.1. The summed E-state index contributed by atoms with van der Waals surface area (Å²) < 4.78 is 0. The van der Waals surface area contributed by atoms with E-state index in [-0.39, 0.29) is 12.3 Å². The van der Waals surface area contributed by atoms with Gasteiger partial charge in [0.25, 0.3) is 0 Å². The maximum Gasteiger partial charge on any atom is 0.244 e. The Morgan fingerprint density at radius 2 is 2.69 bits per heavy atom. The fourth-order valence-corrected chi connectivity index (χ4v) is 1.23. The van der Waals surface area contributed by atoms with Crippen molar-refractivity contribution in [1.29, 1.82) is 0 Å². The third-order valence-corrected chi connectivity index (χ3v) is 2.03. The Labute approximate surface area is 80.2 Å². The van der Waals surface area contributed by atoms with E-state index in [1.165, 1.54) is 11.3 Å². The summed E-state index contributed by atoms with van der Waals surface area (Å²) in [5.74, 6) is 2.03. The van der Waals surface area contributed by atoms with Crippen LogP contribution in [-0.2, 0) is 4.79 Å². The molecule has 0 aromatic carbocycles. The molecule has 0 fully saturated rings. The third kappa shape index (κ3) is 2.86. The van der Waals surface area contributed by atoms with Crippen molar-refractivity contribution in [2.24, 2.45) is 5.73 Å². The zero-order valence-electron chi connectivity index (χ0n) is 6.86. The molecular weight excluding hydrogens is 186 g/mol. The van der Waals surface area contributed by atoms with Crippen LogP contribution in [0.15, 0.2) is 11.6 Å². The first-order chi connectivity index (χ1) is 6.24. The molecule has 0 aliphatic rings. The number of amides is 1. The monoisotopic (exact) mass is 195 g/mol. The highest BCUT2D eigenvalue weighted by Crippen LogP contribution is 2.10. The van der Waals surface area contributed by atoms with Gasteiger partial charge in [-0.05, 0) is 0 Å². The summed E-state index contributed by atoms with van der Waals surface area (Å²) in [6.07, 6.45) is 6.86. The Balaban J connectivity index is 2.47. The van der Waals surface area contributed by atoms with Gasteiger partial charge in [-0.1, -0.05) is 0 Å². The van der Waals surface area contributed by atoms with Crippen molar-refractivity contribution in [2.75, 3.05) is 5.32 Å². The van der Waals surface area contributed by atoms with Gasteiger partial charge >= 0.3 is 0 Å². The van der Waals surface area contributed by atoms with E-state index in [4.69, 9.17) is 12.2 Å². The predicted octanol–water partition coefficient (Wildman–Crippen LogP) is 0.432. The molecule has 13 heavy (non-hydrogen) atoms. The molecule has 0 aliphatic heterocycles. The molecule has 1 rings (SSSR count). The van der Waals surface area contributed by atoms with Gasteiger partial charge < -0.3 is 11.1 Å². The fraction of sp³-hybridized carbons (Fsp3) is 0.250. The first-order valence-electron chi connectivity index (χ1n) is 3.63. The molecule has 1 aromatic rings. The highest BCUT2D eigenvalue weighted by molar-refractivity contribution is 7.13. The zero-order chi connectivity index (χ0) is 9.68. The minimum absolute atomic E-state index is 0.233. The number of nitrogens with two attached hydrogens (primary N) is 1. The molecule has 0 bridgehead atoms. The van der Waals surface area contributed by atoms with Gasteiger partial charge in [0, 0.05) is 18.0 Å². The Bertz CT molecular complexity index is 315. The van der Waals surface area contributed by atoms with Crippen LogP contribution < -0.4 is 11.1 Å². The van der Waals surface area contributed by atoms with Crippen molar-refractivity contribution in [1.82, 2.24) is 4.98 Å². The van der Waals surface area contributed by atoms with Crippen molar-refractivity contribution < 1.29 is 4.79 Å². The second kappa shape index (κ2) is 4.60. The summed E-state index contributed by atoms with van der Waals surface area (Å²) in [6, 6.07) is -0.658. The first-order valence-corrected chi connectivity index (χ1v) is 4.51. The number of aromatic nitrogens is 1. The number of thiazole rings is 1. The molecule has 5 heteroatoms. The van der Waals surface area contributed by atoms with Crippen LogP contribution in [0.25, 0.3) is 0 Å². The Kier molecular flexibility index (Phi) is 3.43. The van der Waals surface area contributed by atoms with Crippen molar-refractivity contribution >= 4 is 22.4 Å². The first kappa shape index (κ1) is 9.71. The molecule has 1 amide bonds. The lowest BCUT2D eigenvalue weighted by Crippen LogP contribution is -2.35. The van der Waals surface area contributed by atoms with E-state index in [1.54, 1.807) is 11.6 Å². The molecule has 1 unspecified atom stereocenters. The van der Waals surface area contributed by atoms with Crippen LogP contribution in [0.3, 0.4) is 0 Å². The number of nitrogens with zero attached hydrogens (tertiary/aromatic N) is 1. The van der Waals surface area contributed by atoms with Crippen molar-refractivity contribution in [2.45, 2.75) is 12.5 Å². The zero-order valence-corrected chi connectivity index (χ0v) is 7.67. The molecule has 0 saturated carbocycles. The molecular formula is C8H9N3OS. The third-order valence-electron chi connectivity index (χ3n) is 1.34. The molecule has 4 nitrogen and oxygen atoms in total. The van der Waals surface area contributed by atoms with E-state index in [1.807, 2.05) is 0 Å². The van der Waals surface area contributed by atoms with Crippen LogP contribution in [0.1, 0.15) is 6.42 Å². The van der Waals surface area contributed by atoms with Gasteiger partial charge in [0.1, 0.15) is 0 Å². The Morgan fingerprint density at radius 1 is 1.92 bits per heavy atom. The van der Waals surface area contributed by atoms with Gasteiger partial charge in [0.05, 0.1) is 6.04 Å². The highest BCUT2D eigenvalue weighted by Gasteiger charge is 2.12. The normalized spacial score (nSPS) is 11.7. The molecule has 68 valence electrons. The van der Waals surface area contributed by atoms with Crippen LogP contribution in [0.5, 0.6) is 0 Å². The molecule has 3 N–H and O–H groups in total. The van der Waals surface area contributed by atoms with Crippen LogP contribution in [-0.4, -0.2) is 16.9 Å².